The van der Waals surface area contributed by atoms with Gasteiger partial charge in [0.25, 0.3) is 0 Å². The number of nitrogens with one attached hydrogen (secondary N) is 1. The number of phenols is 1. The lowest BCUT2D eigenvalue weighted by Gasteiger charge is -2.03. The highest BCUT2D eigenvalue weighted by Gasteiger charge is 2.08. The van der Waals surface area contributed by atoms with Gasteiger partial charge < -0.3 is 9.84 Å². The predicted molar refractivity (Wildman–Crippen MR) is 92.2 cm³/mol. The highest BCUT2D eigenvalue weighted by atomic mass is 16.5. The molecule has 2 N–H and O–H groups in total. The van der Waals surface area contributed by atoms with E-state index in [-0.39, 0.29) is 5.75 Å². The molecule has 4 heteroatoms. The Hall–Kier alpha value is -3.01. The molecule has 0 aliphatic heterocycles. The van der Waals surface area contributed by atoms with E-state index in [1.807, 2.05) is 55.5 Å². The Bertz CT molecular complexity index is 804. The van der Waals surface area contributed by atoms with Gasteiger partial charge in [0.15, 0.2) is 0 Å². The number of H-pyrrole nitrogens is 1. The van der Waals surface area contributed by atoms with Gasteiger partial charge in [-0.25, -0.2) is 0 Å². The maximum atomic E-state index is 9.99. The van der Waals surface area contributed by atoms with Crippen molar-refractivity contribution in [3.63, 3.8) is 0 Å². The summed E-state index contributed by atoms with van der Waals surface area (Å²) >= 11 is 0. The fraction of sp³-hybridized carbons (Fsp3) is 0.105. The molecule has 0 amide bonds. The van der Waals surface area contributed by atoms with Crippen molar-refractivity contribution in [2.24, 2.45) is 0 Å². The highest BCUT2D eigenvalue weighted by molar-refractivity contribution is 5.80. The number of hydrogen-bond acceptors (Lipinski definition) is 3. The molecular formula is C19H18N2O2. The first kappa shape index (κ1) is 14.9. The molecule has 1 aromatic heterocycles. The number of phenolic OH excluding ortho intramolecular Hbond substituents is 1. The van der Waals surface area contributed by atoms with Crippen LogP contribution in [0.25, 0.3) is 23.4 Å². The lowest BCUT2D eigenvalue weighted by molar-refractivity contribution is 0.340. The molecule has 2 aromatic carbocycles. The quantitative estimate of drug-likeness (QED) is 0.736. The topological polar surface area (TPSA) is 58.1 Å². The number of nitrogens with zero attached hydrogens (tertiary/aromatic N) is 1. The number of ether oxygens (including phenoxy) is 1. The molecule has 0 unspecified atom stereocenters. The van der Waals surface area contributed by atoms with Crippen LogP contribution in [0.2, 0.25) is 0 Å². The summed E-state index contributed by atoms with van der Waals surface area (Å²) in [6, 6.07) is 15.1. The van der Waals surface area contributed by atoms with Crippen LogP contribution in [0.5, 0.6) is 11.5 Å². The molecule has 0 spiro atoms. The maximum absolute atomic E-state index is 9.99. The zero-order valence-corrected chi connectivity index (χ0v) is 12.9. The molecule has 0 atom stereocenters. The molecule has 0 saturated carbocycles. The Morgan fingerprint density at radius 1 is 1.09 bits per heavy atom. The van der Waals surface area contributed by atoms with E-state index in [0.29, 0.717) is 6.61 Å². The van der Waals surface area contributed by atoms with Gasteiger partial charge in [-0.1, -0.05) is 36.4 Å². The molecule has 23 heavy (non-hydrogen) atoms. The maximum Gasteiger partial charge on any atom is 0.124 e. The van der Waals surface area contributed by atoms with Gasteiger partial charge in [0, 0.05) is 11.1 Å². The van der Waals surface area contributed by atoms with Crippen molar-refractivity contribution in [1.82, 2.24) is 10.2 Å². The minimum Gasteiger partial charge on any atom is -0.507 e. The van der Waals surface area contributed by atoms with Crippen LogP contribution in [0.4, 0.5) is 0 Å². The van der Waals surface area contributed by atoms with Crippen LogP contribution >= 0.6 is 0 Å². The SMILES string of the molecule is CCOc1ccc(/C=C/c2cn[nH]c2-c2ccccc2O)cc1. The number of aromatic hydroxyl groups is 1. The number of aromatic nitrogens is 2. The van der Waals surface area contributed by atoms with Crippen LogP contribution in [-0.4, -0.2) is 21.9 Å². The predicted octanol–water partition coefficient (Wildman–Crippen LogP) is 4.35. The molecule has 0 bridgehead atoms. The van der Waals surface area contributed by atoms with Crippen LogP contribution in [0.15, 0.2) is 54.7 Å². The summed E-state index contributed by atoms with van der Waals surface area (Å²) in [5.41, 5.74) is 3.51. The molecule has 3 aromatic rings. The number of hydrogen-bond donors (Lipinski definition) is 2. The van der Waals surface area contributed by atoms with Crippen molar-refractivity contribution in [1.29, 1.82) is 0 Å². The Morgan fingerprint density at radius 3 is 2.61 bits per heavy atom. The van der Waals surface area contributed by atoms with Gasteiger partial charge in [0.1, 0.15) is 11.5 Å². The smallest absolute Gasteiger partial charge is 0.124 e. The standard InChI is InChI=1S/C19H18N2O2/c1-2-23-16-11-8-14(9-12-16)7-10-15-13-20-21-19(15)17-5-3-4-6-18(17)22/h3-13,22H,2H2,1H3,(H,20,21)/b10-7+. The first-order valence-corrected chi connectivity index (χ1v) is 7.50. The summed E-state index contributed by atoms with van der Waals surface area (Å²) in [5.74, 6) is 1.09. The summed E-state index contributed by atoms with van der Waals surface area (Å²) in [4.78, 5) is 0. The molecule has 0 aliphatic carbocycles. The van der Waals surface area contributed by atoms with Crippen molar-refractivity contribution in [2.75, 3.05) is 6.61 Å². The van der Waals surface area contributed by atoms with E-state index in [9.17, 15) is 5.11 Å². The van der Waals surface area contributed by atoms with Crippen molar-refractivity contribution < 1.29 is 9.84 Å². The summed E-state index contributed by atoms with van der Waals surface area (Å²) < 4.78 is 5.43. The average molecular weight is 306 g/mol. The number of para-hydroxylation sites is 1. The Kier molecular flexibility index (Phi) is 4.43. The Labute approximate surface area is 135 Å². The number of aromatic amines is 1. The average Bonchev–Trinajstić information content (AvgIpc) is 3.03. The molecule has 0 fully saturated rings. The molecule has 4 nitrogen and oxygen atoms in total. The minimum atomic E-state index is 0.229. The van der Waals surface area contributed by atoms with Crippen molar-refractivity contribution in [2.45, 2.75) is 6.92 Å². The number of benzene rings is 2. The summed E-state index contributed by atoms with van der Waals surface area (Å²) in [6.07, 6.45) is 5.72. The van der Waals surface area contributed by atoms with Gasteiger partial charge >= 0.3 is 0 Å². The molecule has 0 saturated heterocycles. The van der Waals surface area contributed by atoms with Gasteiger partial charge in [-0.15, -0.1) is 0 Å². The molecular weight excluding hydrogens is 288 g/mol. The summed E-state index contributed by atoms with van der Waals surface area (Å²) in [7, 11) is 0. The van der Waals surface area contributed by atoms with Crippen molar-refractivity contribution in [3.8, 4) is 22.8 Å². The van der Waals surface area contributed by atoms with E-state index in [1.54, 1.807) is 18.3 Å². The third-order valence-electron chi connectivity index (χ3n) is 3.49. The highest BCUT2D eigenvalue weighted by Crippen LogP contribution is 2.30. The van der Waals surface area contributed by atoms with Gasteiger partial charge in [-0.3, -0.25) is 5.10 Å². The van der Waals surface area contributed by atoms with Crippen LogP contribution in [0.3, 0.4) is 0 Å². The van der Waals surface area contributed by atoms with E-state index >= 15 is 0 Å². The fourth-order valence-electron chi connectivity index (χ4n) is 2.35. The second-order valence-electron chi connectivity index (χ2n) is 5.05. The first-order chi connectivity index (χ1) is 11.3. The molecule has 0 radical (unpaired) electrons. The molecule has 0 aliphatic rings. The number of rotatable bonds is 5. The van der Waals surface area contributed by atoms with E-state index in [0.717, 1.165) is 28.1 Å². The second kappa shape index (κ2) is 6.83. The van der Waals surface area contributed by atoms with E-state index < -0.39 is 0 Å². The normalized spacial score (nSPS) is 11.0. The second-order valence-corrected chi connectivity index (χ2v) is 5.05. The third-order valence-corrected chi connectivity index (χ3v) is 3.49. The van der Waals surface area contributed by atoms with Gasteiger partial charge in [0.2, 0.25) is 0 Å². The molecule has 3 rings (SSSR count). The minimum absolute atomic E-state index is 0.229. The van der Waals surface area contributed by atoms with Crippen LogP contribution in [-0.2, 0) is 0 Å². The summed E-state index contributed by atoms with van der Waals surface area (Å²) in [5, 5.41) is 17.0. The summed E-state index contributed by atoms with van der Waals surface area (Å²) in [6.45, 7) is 2.63. The largest absolute Gasteiger partial charge is 0.507 e. The van der Waals surface area contributed by atoms with Gasteiger partial charge in [-0.2, -0.15) is 5.10 Å². The lowest BCUT2D eigenvalue weighted by atomic mass is 10.1. The first-order valence-electron chi connectivity index (χ1n) is 7.50. The van der Waals surface area contributed by atoms with Crippen LogP contribution < -0.4 is 4.74 Å². The van der Waals surface area contributed by atoms with Crippen molar-refractivity contribution in [3.05, 3.63) is 65.9 Å². The van der Waals surface area contributed by atoms with Gasteiger partial charge in [0.05, 0.1) is 18.5 Å². The monoisotopic (exact) mass is 306 g/mol. The third kappa shape index (κ3) is 3.43. The van der Waals surface area contributed by atoms with E-state index in [4.69, 9.17) is 4.74 Å². The van der Waals surface area contributed by atoms with Gasteiger partial charge in [-0.05, 0) is 36.8 Å². The van der Waals surface area contributed by atoms with Crippen LogP contribution in [0.1, 0.15) is 18.1 Å². The molecule has 116 valence electrons. The van der Waals surface area contributed by atoms with Crippen LogP contribution in [0, 0.1) is 0 Å². The Morgan fingerprint density at radius 2 is 1.87 bits per heavy atom. The van der Waals surface area contributed by atoms with E-state index in [1.165, 1.54) is 0 Å². The molecule has 1 heterocycles. The van der Waals surface area contributed by atoms with E-state index in [2.05, 4.69) is 10.2 Å². The Balaban J connectivity index is 1.84. The zero-order chi connectivity index (χ0) is 16.1. The van der Waals surface area contributed by atoms with Crippen molar-refractivity contribution >= 4 is 12.2 Å². The fourth-order valence-corrected chi connectivity index (χ4v) is 2.35. The zero-order valence-electron chi connectivity index (χ0n) is 12.9. The lowest BCUT2D eigenvalue weighted by Crippen LogP contribution is -1.90.